The van der Waals surface area contributed by atoms with Gasteiger partial charge in [0.25, 0.3) is 0 Å². The van der Waals surface area contributed by atoms with Gasteiger partial charge in [-0.05, 0) is 75.2 Å². The topological polar surface area (TPSA) is 54.4 Å². The molecule has 0 bridgehead atoms. The predicted octanol–water partition coefficient (Wildman–Crippen LogP) is 3.84. The lowest BCUT2D eigenvalue weighted by atomic mass is 9.45. The highest BCUT2D eigenvalue weighted by atomic mass is 16.3. The van der Waals surface area contributed by atoms with E-state index in [1.54, 1.807) is 6.92 Å². The van der Waals surface area contributed by atoms with Crippen LogP contribution in [0.5, 0.6) is 0 Å². The van der Waals surface area contributed by atoms with E-state index < -0.39 is 5.60 Å². The van der Waals surface area contributed by atoms with E-state index >= 15 is 0 Å². The molecule has 0 saturated heterocycles. The Labute approximate surface area is 144 Å². The molecule has 132 valence electrons. The molecule has 0 amide bonds. The van der Waals surface area contributed by atoms with Crippen LogP contribution in [0.15, 0.2) is 11.6 Å². The maximum Gasteiger partial charge on any atom is 0.155 e. The fourth-order valence-electron chi connectivity index (χ4n) is 7.18. The third kappa shape index (κ3) is 1.88. The summed E-state index contributed by atoms with van der Waals surface area (Å²) in [7, 11) is 0. The van der Waals surface area contributed by atoms with Crippen LogP contribution in [0.3, 0.4) is 0 Å². The average molecular weight is 330 g/mol. The van der Waals surface area contributed by atoms with Crippen LogP contribution in [0.2, 0.25) is 0 Å². The molecule has 6 atom stereocenters. The molecule has 4 rings (SSSR count). The number of ketones is 2. The number of carbonyl (C=O) groups excluding carboxylic acids is 2. The molecule has 4 aliphatic carbocycles. The first-order chi connectivity index (χ1) is 11.2. The fourth-order valence-corrected chi connectivity index (χ4v) is 7.18. The van der Waals surface area contributed by atoms with Gasteiger partial charge in [-0.3, -0.25) is 9.59 Å². The number of rotatable bonds is 1. The molecule has 3 heteroatoms. The summed E-state index contributed by atoms with van der Waals surface area (Å²) in [6, 6.07) is 0. The second kappa shape index (κ2) is 5.03. The number of allylic oxidation sites excluding steroid dienone is 1. The summed E-state index contributed by atoms with van der Waals surface area (Å²) in [5.74, 6) is 1.27. The smallest absolute Gasteiger partial charge is 0.155 e. The minimum atomic E-state index is -0.706. The highest BCUT2D eigenvalue weighted by Crippen LogP contribution is 2.68. The van der Waals surface area contributed by atoms with Crippen LogP contribution in [0.4, 0.5) is 0 Å². The van der Waals surface area contributed by atoms with E-state index in [1.165, 1.54) is 5.57 Å². The number of hydrogen-bond acceptors (Lipinski definition) is 3. The lowest BCUT2D eigenvalue weighted by molar-refractivity contribution is -0.185. The van der Waals surface area contributed by atoms with Crippen molar-refractivity contribution in [3.05, 3.63) is 11.6 Å². The van der Waals surface area contributed by atoms with E-state index in [4.69, 9.17) is 0 Å². The molecule has 0 aliphatic heterocycles. The molecule has 3 saturated carbocycles. The van der Waals surface area contributed by atoms with Gasteiger partial charge in [-0.25, -0.2) is 0 Å². The zero-order valence-corrected chi connectivity index (χ0v) is 15.2. The molecule has 1 N–H and O–H groups in total. The zero-order chi connectivity index (χ0) is 17.3. The van der Waals surface area contributed by atoms with E-state index in [1.807, 2.05) is 6.08 Å². The SMILES string of the molecule is CC(=O)C1CC[C@@]2(O)C3CCC4=CC(=O)CCC4(C)C3CCC12C. The van der Waals surface area contributed by atoms with Crippen LogP contribution >= 0.6 is 0 Å². The van der Waals surface area contributed by atoms with Crippen LogP contribution in [-0.2, 0) is 9.59 Å². The van der Waals surface area contributed by atoms with Crippen LogP contribution in [0.1, 0.15) is 72.1 Å². The summed E-state index contributed by atoms with van der Waals surface area (Å²) in [5, 5.41) is 11.8. The number of aliphatic hydroxyl groups is 1. The minimum Gasteiger partial charge on any atom is -0.389 e. The van der Waals surface area contributed by atoms with Crippen molar-refractivity contribution in [2.24, 2.45) is 28.6 Å². The van der Waals surface area contributed by atoms with Gasteiger partial charge in [-0.2, -0.15) is 0 Å². The molecule has 0 spiro atoms. The molecule has 0 aromatic heterocycles. The second-order valence-corrected chi connectivity index (χ2v) is 9.39. The predicted molar refractivity (Wildman–Crippen MR) is 92.3 cm³/mol. The summed E-state index contributed by atoms with van der Waals surface area (Å²) >= 11 is 0. The highest BCUT2D eigenvalue weighted by Gasteiger charge is 2.67. The number of hydrogen-bond donors (Lipinski definition) is 1. The Hall–Kier alpha value is -0.960. The maximum atomic E-state index is 12.2. The quantitative estimate of drug-likeness (QED) is 0.795. The number of carbonyl (C=O) groups is 2. The summed E-state index contributed by atoms with van der Waals surface area (Å²) in [5.41, 5.74) is 0.431. The first kappa shape index (κ1) is 16.5. The van der Waals surface area contributed by atoms with Crippen LogP contribution < -0.4 is 0 Å². The van der Waals surface area contributed by atoms with Gasteiger partial charge in [0.15, 0.2) is 5.78 Å². The largest absolute Gasteiger partial charge is 0.389 e. The maximum absolute atomic E-state index is 12.2. The van der Waals surface area contributed by atoms with E-state index in [-0.39, 0.29) is 34.2 Å². The van der Waals surface area contributed by atoms with Crippen molar-refractivity contribution in [1.82, 2.24) is 0 Å². The molecule has 5 unspecified atom stereocenters. The van der Waals surface area contributed by atoms with Crippen LogP contribution in [-0.4, -0.2) is 22.3 Å². The Morgan fingerprint density at radius 3 is 2.54 bits per heavy atom. The zero-order valence-electron chi connectivity index (χ0n) is 15.2. The van der Waals surface area contributed by atoms with Gasteiger partial charge in [-0.1, -0.05) is 19.4 Å². The van der Waals surface area contributed by atoms with Gasteiger partial charge >= 0.3 is 0 Å². The Balaban J connectivity index is 1.73. The molecule has 3 nitrogen and oxygen atoms in total. The minimum absolute atomic E-state index is 0.0149. The first-order valence-electron chi connectivity index (χ1n) is 9.69. The fraction of sp³-hybridized carbons (Fsp3) is 0.810. The van der Waals surface area contributed by atoms with E-state index in [0.29, 0.717) is 12.3 Å². The number of Topliss-reactive ketones (excluding diaryl/α,β-unsaturated/α-hetero) is 1. The summed E-state index contributed by atoms with van der Waals surface area (Å²) in [6.07, 6.45) is 9.01. The van der Waals surface area contributed by atoms with Crippen LogP contribution in [0.25, 0.3) is 0 Å². The van der Waals surface area contributed by atoms with Crippen molar-refractivity contribution in [2.75, 3.05) is 0 Å². The van der Waals surface area contributed by atoms with Crippen molar-refractivity contribution < 1.29 is 14.7 Å². The van der Waals surface area contributed by atoms with E-state index in [0.717, 1.165) is 44.9 Å². The van der Waals surface area contributed by atoms with Gasteiger partial charge in [0, 0.05) is 17.8 Å². The molecule has 0 radical (unpaired) electrons. The summed E-state index contributed by atoms with van der Waals surface area (Å²) < 4.78 is 0. The number of fused-ring (bicyclic) bond motifs is 5. The van der Waals surface area contributed by atoms with E-state index in [9.17, 15) is 14.7 Å². The molecular formula is C21H30O3. The van der Waals surface area contributed by atoms with Gasteiger partial charge in [0.05, 0.1) is 5.60 Å². The molecule has 24 heavy (non-hydrogen) atoms. The lowest BCUT2D eigenvalue weighted by Crippen LogP contribution is -2.61. The third-order valence-electron chi connectivity index (χ3n) is 8.64. The molecule has 3 fully saturated rings. The average Bonchev–Trinajstić information content (AvgIpc) is 2.80. The van der Waals surface area contributed by atoms with Gasteiger partial charge in [0.2, 0.25) is 0 Å². The summed E-state index contributed by atoms with van der Waals surface area (Å²) in [4.78, 5) is 24.0. The normalized spacial score (nSPS) is 50.6. The highest BCUT2D eigenvalue weighted by molar-refractivity contribution is 5.91. The Morgan fingerprint density at radius 2 is 1.83 bits per heavy atom. The van der Waals surface area contributed by atoms with Gasteiger partial charge in [-0.15, -0.1) is 0 Å². The third-order valence-corrected chi connectivity index (χ3v) is 8.64. The van der Waals surface area contributed by atoms with Gasteiger partial charge < -0.3 is 5.11 Å². The van der Waals surface area contributed by atoms with Crippen LogP contribution in [0, 0.1) is 28.6 Å². The summed E-state index contributed by atoms with van der Waals surface area (Å²) in [6.45, 7) is 6.19. The molecular weight excluding hydrogens is 300 g/mol. The Kier molecular flexibility index (Phi) is 3.46. The monoisotopic (exact) mass is 330 g/mol. The Bertz CT molecular complexity index is 635. The van der Waals surface area contributed by atoms with E-state index in [2.05, 4.69) is 13.8 Å². The van der Waals surface area contributed by atoms with Crippen molar-refractivity contribution >= 4 is 11.6 Å². The Morgan fingerprint density at radius 1 is 1.08 bits per heavy atom. The first-order valence-corrected chi connectivity index (χ1v) is 9.69. The molecule has 0 heterocycles. The molecule has 0 aromatic rings. The lowest BCUT2D eigenvalue weighted by Gasteiger charge is -2.61. The van der Waals surface area contributed by atoms with Crippen molar-refractivity contribution in [1.29, 1.82) is 0 Å². The second-order valence-electron chi connectivity index (χ2n) is 9.39. The van der Waals surface area contributed by atoms with Crippen molar-refractivity contribution in [3.63, 3.8) is 0 Å². The molecule has 4 aliphatic rings. The van der Waals surface area contributed by atoms with Crippen molar-refractivity contribution in [2.45, 2.75) is 77.7 Å². The van der Waals surface area contributed by atoms with Gasteiger partial charge in [0.1, 0.15) is 5.78 Å². The van der Waals surface area contributed by atoms with Crippen molar-refractivity contribution in [3.8, 4) is 0 Å². The standard InChI is InChI=1S/C21H30O3/c1-13(22)16-8-11-21(24)18-5-4-14-12-15(23)6-9-19(14,2)17(18)7-10-20(16,21)3/h12,16-18,24H,4-11H2,1-3H3/t16?,17?,18?,19?,20?,21-/m1/s1. The molecule has 0 aromatic carbocycles.